The van der Waals surface area contributed by atoms with E-state index in [0.717, 1.165) is 31.5 Å². The van der Waals surface area contributed by atoms with E-state index in [-0.39, 0.29) is 17.3 Å². The predicted octanol–water partition coefficient (Wildman–Crippen LogP) is 4.19. The van der Waals surface area contributed by atoms with Gasteiger partial charge in [0.05, 0.1) is 11.7 Å². The van der Waals surface area contributed by atoms with Crippen molar-refractivity contribution in [2.24, 2.45) is 5.92 Å². The Hall–Kier alpha value is -2.57. The lowest BCUT2D eigenvalue weighted by molar-refractivity contribution is 0.0182. The molecule has 1 aromatic heterocycles. The first-order chi connectivity index (χ1) is 12.3. The number of carbonyl (C=O) groups is 1. The van der Waals surface area contributed by atoms with Crippen molar-refractivity contribution in [3.8, 4) is 0 Å². The number of anilines is 1. The molecule has 26 heavy (non-hydrogen) atoms. The van der Waals surface area contributed by atoms with Crippen molar-refractivity contribution >= 4 is 11.6 Å². The van der Waals surface area contributed by atoms with E-state index in [4.69, 9.17) is 5.73 Å². The van der Waals surface area contributed by atoms with Crippen LogP contribution in [-0.2, 0) is 5.92 Å². The van der Waals surface area contributed by atoms with E-state index in [1.807, 2.05) is 0 Å². The highest BCUT2D eigenvalue weighted by atomic mass is 19.3. The van der Waals surface area contributed by atoms with Crippen molar-refractivity contribution in [3.05, 3.63) is 59.2 Å². The molecule has 1 aromatic carbocycles. The van der Waals surface area contributed by atoms with Crippen molar-refractivity contribution in [2.45, 2.75) is 38.2 Å². The molecule has 3 rings (SSSR count). The number of hydrogen-bond donors (Lipinski definition) is 2. The Labute approximate surface area is 149 Å². The quantitative estimate of drug-likeness (QED) is 0.837. The lowest BCUT2D eigenvalue weighted by Crippen LogP contribution is -2.37. The van der Waals surface area contributed by atoms with Gasteiger partial charge in [-0.25, -0.2) is 18.2 Å². The first-order valence-corrected chi connectivity index (χ1v) is 8.46. The lowest BCUT2D eigenvalue weighted by atomic mass is 9.77. The van der Waals surface area contributed by atoms with E-state index in [9.17, 15) is 18.0 Å². The number of hydrogen-bond acceptors (Lipinski definition) is 3. The molecule has 1 heterocycles. The van der Waals surface area contributed by atoms with Crippen LogP contribution in [0.25, 0.3) is 0 Å². The van der Waals surface area contributed by atoms with Gasteiger partial charge in [0.15, 0.2) is 5.69 Å². The number of nitrogens with zero attached hydrogens (tertiary/aromatic N) is 1. The second-order valence-corrected chi connectivity index (χ2v) is 6.71. The van der Waals surface area contributed by atoms with E-state index in [1.165, 1.54) is 12.1 Å². The van der Waals surface area contributed by atoms with Gasteiger partial charge < -0.3 is 11.1 Å². The molecule has 3 N–H and O–H groups in total. The molecule has 2 aromatic rings. The minimum Gasteiger partial charge on any atom is -0.396 e. The Bertz CT molecular complexity index is 816. The van der Waals surface area contributed by atoms with Gasteiger partial charge in [0.25, 0.3) is 11.8 Å². The van der Waals surface area contributed by atoms with E-state index in [2.05, 4.69) is 10.3 Å². The first kappa shape index (κ1) is 18.2. The van der Waals surface area contributed by atoms with Crippen LogP contribution in [0.15, 0.2) is 36.5 Å². The third-order valence-corrected chi connectivity index (χ3v) is 4.79. The smallest absolute Gasteiger partial charge is 0.272 e. The fourth-order valence-electron chi connectivity index (χ4n) is 3.19. The number of pyridine rings is 1. The molecule has 0 spiro atoms. The van der Waals surface area contributed by atoms with E-state index in [0.29, 0.717) is 12.5 Å². The maximum atomic E-state index is 13.6. The van der Waals surface area contributed by atoms with Gasteiger partial charge in [0.2, 0.25) is 0 Å². The van der Waals surface area contributed by atoms with Crippen LogP contribution >= 0.6 is 0 Å². The molecular weight excluding hydrogens is 343 g/mol. The molecule has 1 aliphatic rings. The number of nitrogen functional groups attached to an aromatic ring is 1. The largest absolute Gasteiger partial charge is 0.396 e. The standard InChI is InChI=1S/C19H20F3N3O/c1-19(21,22)14-8-9-24-17(15(14)23)18(26)25-16(11-4-2-5-11)12-6-3-7-13(20)10-12/h3,6-11,16H,2,4-5,23H2,1H3,(H,25,26). The molecule has 1 saturated carbocycles. The van der Waals surface area contributed by atoms with E-state index >= 15 is 0 Å². The average Bonchev–Trinajstić information content (AvgIpc) is 2.51. The summed E-state index contributed by atoms with van der Waals surface area (Å²) in [6, 6.07) is 6.69. The molecule has 0 aliphatic heterocycles. The lowest BCUT2D eigenvalue weighted by Gasteiger charge is -2.34. The number of benzene rings is 1. The third-order valence-electron chi connectivity index (χ3n) is 4.79. The minimum absolute atomic E-state index is 0.165. The molecule has 0 saturated heterocycles. The van der Waals surface area contributed by atoms with Crippen molar-refractivity contribution in [2.75, 3.05) is 5.73 Å². The fraction of sp³-hybridized carbons (Fsp3) is 0.368. The summed E-state index contributed by atoms with van der Waals surface area (Å²) in [5.41, 5.74) is 5.38. The summed E-state index contributed by atoms with van der Waals surface area (Å²) in [6.07, 6.45) is 3.97. The Morgan fingerprint density at radius 3 is 2.65 bits per heavy atom. The number of nitrogens with two attached hydrogens (primary N) is 1. The molecule has 4 nitrogen and oxygen atoms in total. The van der Waals surface area contributed by atoms with Crippen LogP contribution in [-0.4, -0.2) is 10.9 Å². The van der Waals surface area contributed by atoms with Gasteiger partial charge in [-0.1, -0.05) is 18.6 Å². The van der Waals surface area contributed by atoms with Gasteiger partial charge in [-0.2, -0.15) is 0 Å². The molecule has 1 aliphatic carbocycles. The molecule has 1 fully saturated rings. The molecule has 1 amide bonds. The van der Waals surface area contributed by atoms with Crippen LogP contribution in [0.4, 0.5) is 18.9 Å². The van der Waals surface area contributed by atoms with Crippen LogP contribution in [0.1, 0.15) is 53.8 Å². The van der Waals surface area contributed by atoms with E-state index in [1.54, 1.807) is 12.1 Å². The maximum absolute atomic E-state index is 13.6. The zero-order chi connectivity index (χ0) is 18.9. The molecule has 0 bridgehead atoms. The van der Waals surface area contributed by atoms with Crippen molar-refractivity contribution < 1.29 is 18.0 Å². The zero-order valence-corrected chi connectivity index (χ0v) is 14.3. The average molecular weight is 363 g/mol. The monoisotopic (exact) mass is 363 g/mol. The van der Waals surface area contributed by atoms with Crippen molar-refractivity contribution in [1.82, 2.24) is 10.3 Å². The number of alkyl halides is 2. The van der Waals surface area contributed by atoms with Gasteiger partial charge in [-0.3, -0.25) is 4.79 Å². The van der Waals surface area contributed by atoms with Gasteiger partial charge in [-0.15, -0.1) is 0 Å². The summed E-state index contributed by atoms with van der Waals surface area (Å²) < 4.78 is 40.9. The van der Waals surface area contributed by atoms with E-state index < -0.39 is 29.3 Å². The van der Waals surface area contributed by atoms with Gasteiger partial charge in [0, 0.05) is 18.7 Å². The van der Waals surface area contributed by atoms with Crippen LogP contribution in [0, 0.1) is 11.7 Å². The minimum atomic E-state index is -3.18. The number of carbonyl (C=O) groups excluding carboxylic acids is 1. The van der Waals surface area contributed by atoms with Gasteiger partial charge >= 0.3 is 0 Å². The molecular formula is C19H20F3N3O. The predicted molar refractivity (Wildman–Crippen MR) is 92.2 cm³/mol. The Morgan fingerprint density at radius 1 is 1.35 bits per heavy atom. The first-order valence-electron chi connectivity index (χ1n) is 8.46. The number of halogens is 3. The summed E-state index contributed by atoms with van der Waals surface area (Å²) in [4.78, 5) is 16.5. The summed E-state index contributed by atoms with van der Waals surface area (Å²) >= 11 is 0. The number of rotatable bonds is 5. The second-order valence-electron chi connectivity index (χ2n) is 6.71. The van der Waals surface area contributed by atoms with Gasteiger partial charge in [-0.05, 0) is 42.5 Å². The van der Waals surface area contributed by atoms with Crippen molar-refractivity contribution in [1.29, 1.82) is 0 Å². The highest BCUT2D eigenvalue weighted by Gasteiger charge is 2.33. The Morgan fingerprint density at radius 2 is 2.08 bits per heavy atom. The highest BCUT2D eigenvalue weighted by molar-refractivity contribution is 5.98. The zero-order valence-electron chi connectivity index (χ0n) is 14.3. The SMILES string of the molecule is CC(F)(F)c1ccnc(C(=O)NC(c2cccc(F)c2)C2CCC2)c1N. The summed E-state index contributed by atoms with van der Waals surface area (Å²) in [5.74, 6) is -4.06. The van der Waals surface area contributed by atoms with Crippen LogP contribution in [0.3, 0.4) is 0 Å². The molecule has 1 atom stereocenters. The van der Waals surface area contributed by atoms with Crippen LogP contribution in [0.5, 0.6) is 0 Å². The van der Waals surface area contributed by atoms with Crippen molar-refractivity contribution in [3.63, 3.8) is 0 Å². The molecule has 138 valence electrons. The highest BCUT2D eigenvalue weighted by Crippen LogP contribution is 2.38. The van der Waals surface area contributed by atoms with Crippen LogP contribution < -0.4 is 11.1 Å². The summed E-state index contributed by atoms with van der Waals surface area (Å²) in [5, 5.41) is 2.81. The summed E-state index contributed by atoms with van der Waals surface area (Å²) in [6.45, 7) is 0.713. The molecule has 1 unspecified atom stereocenters. The third kappa shape index (κ3) is 3.66. The fourth-order valence-corrected chi connectivity index (χ4v) is 3.19. The normalized spacial score (nSPS) is 16.0. The van der Waals surface area contributed by atoms with Gasteiger partial charge in [0.1, 0.15) is 5.82 Å². The summed E-state index contributed by atoms with van der Waals surface area (Å²) in [7, 11) is 0. The number of aromatic nitrogens is 1. The Balaban J connectivity index is 1.89. The molecule has 0 radical (unpaired) electrons. The topological polar surface area (TPSA) is 68.0 Å². The number of amides is 1. The van der Waals surface area contributed by atoms with Crippen LogP contribution in [0.2, 0.25) is 0 Å². The Kier molecular flexibility index (Phi) is 4.89. The molecule has 7 heteroatoms. The second kappa shape index (κ2) is 6.97. The number of nitrogens with one attached hydrogen (secondary N) is 1. The maximum Gasteiger partial charge on any atom is 0.272 e.